The van der Waals surface area contributed by atoms with Crippen LogP contribution in [0.2, 0.25) is 0 Å². The number of esters is 1. The number of ether oxygens (including phenoxy) is 4. The summed E-state index contributed by atoms with van der Waals surface area (Å²) in [6.45, 7) is 0.486. The Morgan fingerprint density at radius 3 is 1.63 bits per heavy atom. The standard InChI is InChI=1S/C34H32O7/c1-38-27-17-11-24(12-18-27)33(36)25-15-21-29(22-16-25)40-23-7-3-4-10-32(35)41-31-9-6-5-8-30(31)34(37)26-13-19-28(39-2)20-14-26/h5-6,8-9,11-22H,3-4,7,10,23H2,1-2H3. The van der Waals surface area contributed by atoms with Crippen LogP contribution in [0.4, 0.5) is 0 Å². The number of para-hydroxylation sites is 1. The van der Waals surface area contributed by atoms with E-state index < -0.39 is 5.97 Å². The molecule has 0 saturated heterocycles. The predicted octanol–water partition coefficient (Wildman–Crippen LogP) is 6.71. The maximum absolute atomic E-state index is 13.0. The third-order valence-electron chi connectivity index (χ3n) is 6.47. The van der Waals surface area contributed by atoms with Crippen LogP contribution in [0.1, 0.15) is 57.5 Å². The number of unbranched alkanes of at least 4 members (excludes halogenated alkanes) is 2. The predicted molar refractivity (Wildman–Crippen MR) is 155 cm³/mol. The Kier molecular flexibility index (Phi) is 10.3. The topological polar surface area (TPSA) is 88.1 Å². The SMILES string of the molecule is COc1ccc(C(=O)c2ccc(OCCCCCC(=O)Oc3ccccc3C(=O)c3ccc(OC)cc3)cc2)cc1. The molecule has 4 aromatic rings. The van der Waals surface area contributed by atoms with Gasteiger partial charge >= 0.3 is 5.97 Å². The van der Waals surface area contributed by atoms with E-state index in [4.69, 9.17) is 18.9 Å². The van der Waals surface area contributed by atoms with Crippen LogP contribution in [0, 0.1) is 0 Å². The molecule has 0 aliphatic carbocycles. The van der Waals surface area contributed by atoms with E-state index in [9.17, 15) is 14.4 Å². The average molecular weight is 553 g/mol. The minimum absolute atomic E-state index is 0.0705. The second kappa shape index (κ2) is 14.5. The summed E-state index contributed by atoms with van der Waals surface area (Å²) >= 11 is 0. The molecule has 210 valence electrons. The van der Waals surface area contributed by atoms with Crippen molar-refractivity contribution in [1.29, 1.82) is 0 Å². The molecule has 0 aliphatic heterocycles. The van der Waals surface area contributed by atoms with Gasteiger partial charge in [0.25, 0.3) is 0 Å². The monoisotopic (exact) mass is 552 g/mol. The molecule has 4 rings (SSSR count). The molecule has 0 bridgehead atoms. The van der Waals surface area contributed by atoms with Crippen LogP contribution in [0.5, 0.6) is 23.0 Å². The fraction of sp³-hybridized carbons (Fsp3) is 0.206. The third kappa shape index (κ3) is 8.05. The molecule has 41 heavy (non-hydrogen) atoms. The molecule has 0 heterocycles. The smallest absolute Gasteiger partial charge is 0.311 e. The highest BCUT2D eigenvalue weighted by atomic mass is 16.5. The molecule has 7 heteroatoms. The highest BCUT2D eigenvalue weighted by Gasteiger charge is 2.17. The maximum Gasteiger partial charge on any atom is 0.311 e. The molecule has 0 radical (unpaired) electrons. The van der Waals surface area contributed by atoms with E-state index in [0.29, 0.717) is 52.5 Å². The van der Waals surface area contributed by atoms with E-state index in [1.165, 1.54) is 0 Å². The van der Waals surface area contributed by atoms with Gasteiger partial charge in [0, 0.05) is 23.1 Å². The minimum atomic E-state index is -0.391. The lowest BCUT2D eigenvalue weighted by Crippen LogP contribution is -2.11. The molecule has 0 fully saturated rings. The Hall–Kier alpha value is -4.91. The van der Waals surface area contributed by atoms with E-state index in [1.54, 1.807) is 111 Å². The zero-order chi connectivity index (χ0) is 29.0. The first-order valence-corrected chi connectivity index (χ1v) is 13.4. The van der Waals surface area contributed by atoms with Crippen molar-refractivity contribution in [2.75, 3.05) is 20.8 Å². The molecular formula is C34H32O7. The van der Waals surface area contributed by atoms with Gasteiger partial charge in [0.15, 0.2) is 11.6 Å². The summed E-state index contributed by atoms with van der Waals surface area (Å²) in [5.41, 5.74) is 1.97. The Bertz CT molecular complexity index is 1460. The van der Waals surface area contributed by atoms with Crippen LogP contribution in [-0.2, 0) is 4.79 Å². The average Bonchev–Trinajstić information content (AvgIpc) is 3.02. The highest BCUT2D eigenvalue weighted by molar-refractivity contribution is 6.11. The number of ketones is 2. The van der Waals surface area contributed by atoms with Crippen molar-refractivity contribution in [3.63, 3.8) is 0 Å². The number of benzene rings is 4. The molecule has 0 saturated carbocycles. The minimum Gasteiger partial charge on any atom is -0.497 e. The molecule has 0 aliphatic rings. The van der Waals surface area contributed by atoms with Crippen LogP contribution in [0.3, 0.4) is 0 Å². The Balaban J connectivity index is 1.18. The summed E-state index contributed by atoms with van der Waals surface area (Å²) < 4.78 is 21.6. The van der Waals surface area contributed by atoms with Gasteiger partial charge in [-0.2, -0.15) is 0 Å². The van der Waals surface area contributed by atoms with Gasteiger partial charge < -0.3 is 18.9 Å². The van der Waals surface area contributed by atoms with Crippen LogP contribution in [0.15, 0.2) is 97.1 Å². The Morgan fingerprint density at radius 2 is 1.07 bits per heavy atom. The molecule has 0 spiro atoms. The molecule has 0 aromatic heterocycles. The Morgan fingerprint density at radius 1 is 0.561 bits per heavy atom. The van der Waals surface area contributed by atoms with Gasteiger partial charge in [-0.1, -0.05) is 12.1 Å². The summed E-state index contributed by atoms with van der Waals surface area (Å²) in [5, 5.41) is 0. The summed E-state index contributed by atoms with van der Waals surface area (Å²) in [6, 6.07) is 27.6. The van der Waals surface area contributed by atoms with Crippen molar-refractivity contribution < 1.29 is 33.3 Å². The fourth-order valence-electron chi connectivity index (χ4n) is 4.16. The van der Waals surface area contributed by atoms with Crippen molar-refractivity contribution in [2.45, 2.75) is 25.7 Å². The van der Waals surface area contributed by atoms with Crippen LogP contribution in [-0.4, -0.2) is 38.4 Å². The fourth-order valence-corrected chi connectivity index (χ4v) is 4.16. The van der Waals surface area contributed by atoms with Gasteiger partial charge in [-0.3, -0.25) is 14.4 Å². The van der Waals surface area contributed by atoms with Gasteiger partial charge in [0.2, 0.25) is 0 Å². The van der Waals surface area contributed by atoms with Crippen molar-refractivity contribution in [3.05, 3.63) is 119 Å². The zero-order valence-electron chi connectivity index (χ0n) is 23.1. The summed E-state index contributed by atoms with van der Waals surface area (Å²) in [6.07, 6.45) is 2.39. The number of methoxy groups -OCH3 is 2. The van der Waals surface area contributed by atoms with E-state index >= 15 is 0 Å². The Labute approximate surface area is 239 Å². The lowest BCUT2D eigenvalue weighted by atomic mass is 10.0. The first-order valence-electron chi connectivity index (χ1n) is 13.4. The quantitative estimate of drug-likeness (QED) is 0.0743. The highest BCUT2D eigenvalue weighted by Crippen LogP contribution is 2.24. The molecule has 0 N–H and O–H groups in total. The number of hydrogen-bond donors (Lipinski definition) is 0. The number of carbonyl (C=O) groups excluding carboxylic acids is 3. The molecular weight excluding hydrogens is 520 g/mol. The van der Waals surface area contributed by atoms with Crippen molar-refractivity contribution in [3.8, 4) is 23.0 Å². The second-order valence-electron chi connectivity index (χ2n) is 9.27. The summed E-state index contributed by atoms with van der Waals surface area (Å²) in [5.74, 6) is 1.58. The van der Waals surface area contributed by atoms with Gasteiger partial charge in [0.1, 0.15) is 23.0 Å². The molecule has 0 amide bonds. The van der Waals surface area contributed by atoms with Crippen LogP contribution in [0.25, 0.3) is 0 Å². The van der Waals surface area contributed by atoms with Gasteiger partial charge in [-0.05, 0) is 104 Å². The van der Waals surface area contributed by atoms with Crippen molar-refractivity contribution >= 4 is 17.5 Å². The van der Waals surface area contributed by atoms with Crippen LogP contribution < -0.4 is 18.9 Å². The second-order valence-corrected chi connectivity index (χ2v) is 9.27. The largest absolute Gasteiger partial charge is 0.497 e. The lowest BCUT2D eigenvalue weighted by molar-refractivity contribution is -0.134. The van der Waals surface area contributed by atoms with E-state index in [-0.39, 0.29) is 23.7 Å². The lowest BCUT2D eigenvalue weighted by Gasteiger charge is -2.10. The summed E-state index contributed by atoms with van der Waals surface area (Å²) in [7, 11) is 3.15. The van der Waals surface area contributed by atoms with Gasteiger partial charge in [-0.15, -0.1) is 0 Å². The number of rotatable bonds is 14. The van der Waals surface area contributed by atoms with E-state index in [2.05, 4.69) is 0 Å². The van der Waals surface area contributed by atoms with Crippen LogP contribution >= 0.6 is 0 Å². The number of hydrogen-bond acceptors (Lipinski definition) is 7. The molecule has 7 nitrogen and oxygen atoms in total. The third-order valence-corrected chi connectivity index (χ3v) is 6.47. The van der Waals surface area contributed by atoms with Gasteiger partial charge in [-0.25, -0.2) is 0 Å². The maximum atomic E-state index is 13.0. The first kappa shape index (κ1) is 29.1. The molecule has 0 atom stereocenters. The molecule has 4 aromatic carbocycles. The van der Waals surface area contributed by atoms with E-state index in [1.807, 2.05) is 0 Å². The first-order chi connectivity index (χ1) is 20.0. The van der Waals surface area contributed by atoms with E-state index in [0.717, 1.165) is 12.8 Å². The molecule has 0 unspecified atom stereocenters. The zero-order valence-corrected chi connectivity index (χ0v) is 23.1. The van der Waals surface area contributed by atoms with Gasteiger partial charge in [0.05, 0.1) is 26.4 Å². The summed E-state index contributed by atoms with van der Waals surface area (Å²) in [4.78, 5) is 38.1. The van der Waals surface area contributed by atoms with Crippen molar-refractivity contribution in [2.24, 2.45) is 0 Å². The normalized spacial score (nSPS) is 10.5. The number of carbonyl (C=O) groups is 3. The van der Waals surface area contributed by atoms with Crippen molar-refractivity contribution in [1.82, 2.24) is 0 Å².